The topological polar surface area (TPSA) is 126 Å². The first-order valence-corrected chi connectivity index (χ1v) is 7.93. The molecule has 3 N–H and O–H groups in total. The molecule has 0 aliphatic carbocycles. The molecule has 138 valence electrons. The number of aryl methyl sites for hydroxylation is 2. The highest BCUT2D eigenvalue weighted by Gasteiger charge is 2.17. The van der Waals surface area contributed by atoms with Gasteiger partial charge in [-0.1, -0.05) is 0 Å². The smallest absolute Gasteiger partial charge is 0.313 e. The first-order valence-electron chi connectivity index (χ1n) is 7.93. The predicted molar refractivity (Wildman–Crippen MR) is 94.5 cm³/mol. The number of hydrogen-bond acceptors (Lipinski definition) is 5. The number of hydrogen-bond donors (Lipinski definition) is 3. The third-order valence-corrected chi connectivity index (χ3v) is 3.90. The number of benzene rings is 1. The van der Waals surface area contributed by atoms with Crippen molar-refractivity contribution in [2.75, 3.05) is 11.9 Å². The molecule has 1 heterocycles. The van der Waals surface area contributed by atoms with Crippen LogP contribution < -0.4 is 10.6 Å². The van der Waals surface area contributed by atoms with Crippen LogP contribution in [0.15, 0.2) is 36.5 Å². The number of carbonyl (C=O) groups excluding carboxylic acids is 2. The van der Waals surface area contributed by atoms with Crippen molar-refractivity contribution in [1.29, 1.82) is 0 Å². The van der Waals surface area contributed by atoms with Gasteiger partial charge in [0.05, 0.1) is 11.0 Å². The van der Waals surface area contributed by atoms with Crippen LogP contribution in [0.4, 0.5) is 11.4 Å². The zero-order valence-electron chi connectivity index (χ0n) is 14.4. The average molecular weight is 360 g/mol. The fraction of sp³-hybridized carbons (Fsp3) is 0.294. The molecule has 9 nitrogen and oxygen atoms in total. The van der Waals surface area contributed by atoms with Gasteiger partial charge in [0, 0.05) is 43.3 Å². The van der Waals surface area contributed by atoms with Gasteiger partial charge in [0.2, 0.25) is 0 Å². The summed E-state index contributed by atoms with van der Waals surface area (Å²) in [7, 11) is 1.80. The van der Waals surface area contributed by atoms with E-state index in [0.29, 0.717) is 16.9 Å². The number of carbonyl (C=O) groups is 2. The van der Waals surface area contributed by atoms with E-state index in [2.05, 4.69) is 10.6 Å². The highest BCUT2D eigenvalue weighted by Crippen LogP contribution is 2.21. The second-order valence-corrected chi connectivity index (χ2v) is 5.81. The van der Waals surface area contributed by atoms with Gasteiger partial charge in [0.1, 0.15) is 0 Å². The molecule has 0 fully saturated rings. The van der Waals surface area contributed by atoms with Gasteiger partial charge in [-0.3, -0.25) is 19.7 Å². The summed E-state index contributed by atoms with van der Waals surface area (Å²) in [5.41, 5.74) is 1.41. The van der Waals surface area contributed by atoms with Gasteiger partial charge in [0.25, 0.3) is 5.69 Å². The summed E-state index contributed by atoms with van der Waals surface area (Å²) in [6.07, 6.45) is 1.31. The van der Waals surface area contributed by atoms with Crippen molar-refractivity contribution in [3.05, 3.63) is 57.9 Å². The molecular formula is C17H20N4O5. The van der Waals surface area contributed by atoms with Crippen LogP contribution >= 0.6 is 0 Å². The Morgan fingerprint density at radius 2 is 2.04 bits per heavy atom. The van der Waals surface area contributed by atoms with Gasteiger partial charge < -0.3 is 20.3 Å². The summed E-state index contributed by atoms with van der Waals surface area (Å²) in [6.45, 7) is 1.72. The van der Waals surface area contributed by atoms with Crippen LogP contribution in [-0.2, 0) is 16.6 Å². The van der Waals surface area contributed by atoms with Crippen molar-refractivity contribution in [3.8, 4) is 0 Å². The number of rotatable bonds is 6. The Bertz CT molecular complexity index is 830. The lowest BCUT2D eigenvalue weighted by atomic mass is 10.1. The van der Waals surface area contributed by atoms with E-state index in [0.717, 1.165) is 0 Å². The lowest BCUT2D eigenvalue weighted by Gasteiger charge is -2.13. The molecule has 1 unspecified atom stereocenters. The number of anilines is 1. The zero-order chi connectivity index (χ0) is 19.3. The monoisotopic (exact) mass is 360 g/mol. The normalized spacial score (nSPS) is 11.7. The van der Waals surface area contributed by atoms with Gasteiger partial charge >= 0.3 is 11.8 Å². The molecule has 0 radical (unpaired) electrons. The maximum atomic E-state index is 11.9. The Kier molecular flexibility index (Phi) is 6.07. The quantitative estimate of drug-likeness (QED) is 0.408. The fourth-order valence-corrected chi connectivity index (χ4v) is 2.45. The number of nitro benzene ring substituents is 1. The fourth-order valence-electron chi connectivity index (χ4n) is 2.45. The maximum absolute atomic E-state index is 11.9. The molecule has 1 aromatic carbocycles. The molecule has 9 heteroatoms. The van der Waals surface area contributed by atoms with E-state index >= 15 is 0 Å². The van der Waals surface area contributed by atoms with E-state index in [-0.39, 0.29) is 18.7 Å². The lowest BCUT2D eigenvalue weighted by molar-refractivity contribution is -0.384. The molecular weight excluding hydrogens is 340 g/mol. The van der Waals surface area contributed by atoms with E-state index in [1.165, 1.54) is 18.2 Å². The van der Waals surface area contributed by atoms with Crippen LogP contribution in [0.3, 0.4) is 0 Å². The minimum atomic E-state index is -0.879. The van der Waals surface area contributed by atoms with E-state index in [1.807, 2.05) is 0 Å². The maximum Gasteiger partial charge on any atom is 0.313 e. The third kappa shape index (κ3) is 4.67. The molecule has 0 spiro atoms. The Morgan fingerprint density at radius 1 is 1.31 bits per heavy atom. The lowest BCUT2D eigenvalue weighted by Crippen LogP contribution is -2.36. The minimum absolute atomic E-state index is 0.0976. The number of nitrogens with zero attached hydrogens (tertiary/aromatic N) is 2. The molecule has 2 aromatic rings. The Balaban J connectivity index is 1.85. The van der Waals surface area contributed by atoms with Gasteiger partial charge in [-0.25, -0.2) is 0 Å². The number of nitro groups is 1. The summed E-state index contributed by atoms with van der Waals surface area (Å²) in [4.78, 5) is 33.9. The molecule has 1 aromatic heterocycles. The molecule has 0 aliphatic heterocycles. The van der Waals surface area contributed by atoms with Crippen molar-refractivity contribution in [2.24, 2.45) is 7.05 Å². The molecule has 0 aliphatic rings. The molecule has 2 amide bonds. The number of aliphatic hydroxyl groups is 1. The van der Waals surface area contributed by atoms with Gasteiger partial charge in [0.15, 0.2) is 0 Å². The Labute approximate surface area is 149 Å². The third-order valence-electron chi connectivity index (χ3n) is 3.90. The first kappa shape index (κ1) is 19.1. The number of aromatic nitrogens is 1. The van der Waals surface area contributed by atoms with Gasteiger partial charge in [-0.15, -0.1) is 0 Å². The van der Waals surface area contributed by atoms with E-state index in [9.17, 15) is 24.8 Å². The van der Waals surface area contributed by atoms with Crippen LogP contribution in [-0.4, -0.2) is 33.0 Å². The zero-order valence-corrected chi connectivity index (χ0v) is 14.4. The second kappa shape index (κ2) is 8.26. The molecule has 0 bridgehead atoms. The first-order chi connectivity index (χ1) is 12.3. The highest BCUT2D eigenvalue weighted by molar-refractivity contribution is 6.39. The molecule has 1 atom stereocenters. The Morgan fingerprint density at radius 3 is 2.62 bits per heavy atom. The number of nitrogens with one attached hydrogen (secondary N) is 2. The second-order valence-electron chi connectivity index (χ2n) is 5.81. The van der Waals surface area contributed by atoms with Crippen molar-refractivity contribution in [2.45, 2.75) is 19.4 Å². The summed E-state index contributed by atoms with van der Waals surface area (Å²) in [6, 6.07) is 7.51. The molecule has 0 saturated carbocycles. The summed E-state index contributed by atoms with van der Waals surface area (Å²) in [5.74, 6) is -1.72. The van der Waals surface area contributed by atoms with Crippen LogP contribution in [0.5, 0.6) is 0 Å². The largest absolute Gasteiger partial charge is 0.387 e. The van der Waals surface area contributed by atoms with Crippen LogP contribution in [0.2, 0.25) is 0 Å². The standard InChI is InChI=1S/C17H20N4O5/c1-11-10-12(21(25)26)5-6-13(11)19-17(24)16(23)18-8-7-15(22)14-4-3-9-20(14)2/h3-6,9-10,15,22H,7-8H2,1-2H3,(H,18,23)(H,19,24). The predicted octanol–water partition coefficient (Wildman–Crippen LogP) is 1.42. The number of aliphatic hydroxyl groups excluding tert-OH is 1. The van der Waals surface area contributed by atoms with Gasteiger partial charge in [-0.05, 0) is 37.1 Å². The van der Waals surface area contributed by atoms with Crippen molar-refractivity contribution < 1.29 is 19.6 Å². The summed E-state index contributed by atoms with van der Waals surface area (Å²) >= 11 is 0. The van der Waals surface area contributed by atoms with Gasteiger partial charge in [-0.2, -0.15) is 0 Å². The average Bonchev–Trinajstić information content (AvgIpc) is 3.02. The van der Waals surface area contributed by atoms with Crippen molar-refractivity contribution >= 4 is 23.2 Å². The van der Waals surface area contributed by atoms with Crippen molar-refractivity contribution in [1.82, 2.24) is 9.88 Å². The Hall–Kier alpha value is -3.20. The number of amides is 2. The minimum Gasteiger partial charge on any atom is -0.387 e. The summed E-state index contributed by atoms with van der Waals surface area (Å²) < 4.78 is 1.77. The van der Waals surface area contributed by atoms with Crippen LogP contribution in [0.25, 0.3) is 0 Å². The van der Waals surface area contributed by atoms with E-state index in [1.54, 1.807) is 36.9 Å². The van der Waals surface area contributed by atoms with E-state index in [4.69, 9.17) is 0 Å². The van der Waals surface area contributed by atoms with Crippen molar-refractivity contribution in [3.63, 3.8) is 0 Å². The molecule has 0 saturated heterocycles. The van der Waals surface area contributed by atoms with Crippen LogP contribution in [0, 0.1) is 17.0 Å². The highest BCUT2D eigenvalue weighted by atomic mass is 16.6. The number of non-ortho nitro benzene ring substituents is 1. The van der Waals surface area contributed by atoms with Crippen LogP contribution in [0.1, 0.15) is 23.8 Å². The summed E-state index contributed by atoms with van der Waals surface area (Å²) in [5, 5.41) is 25.6. The van der Waals surface area contributed by atoms with E-state index < -0.39 is 22.8 Å². The molecule has 26 heavy (non-hydrogen) atoms. The SMILES string of the molecule is Cc1cc([N+](=O)[O-])ccc1NC(=O)C(=O)NCCC(O)c1cccn1C. The molecule has 2 rings (SSSR count).